The molecule has 0 fully saturated rings. The standard InChI is InChI=1S/C12H16F3NOS/c1-9-7-10(3-4-11(9)17-2)8-16-5-6-18-12(13,14)15/h3-4,7,16H,5-6,8H2,1-2H3. The minimum Gasteiger partial charge on any atom is -0.496 e. The molecular formula is C12H16F3NOS. The molecule has 0 bridgehead atoms. The van der Waals surface area contributed by atoms with Crippen molar-refractivity contribution in [3.63, 3.8) is 0 Å². The molecule has 0 saturated heterocycles. The molecule has 1 rings (SSSR count). The van der Waals surface area contributed by atoms with Gasteiger partial charge < -0.3 is 10.1 Å². The molecule has 0 aliphatic rings. The fourth-order valence-corrected chi connectivity index (χ4v) is 2.00. The number of hydrogen-bond acceptors (Lipinski definition) is 3. The van der Waals surface area contributed by atoms with Crippen molar-refractivity contribution in [1.29, 1.82) is 0 Å². The molecule has 0 spiro atoms. The Labute approximate surface area is 109 Å². The SMILES string of the molecule is COc1ccc(CNCCSC(F)(F)F)cc1C. The van der Waals surface area contributed by atoms with Gasteiger partial charge in [0.15, 0.2) is 0 Å². The van der Waals surface area contributed by atoms with E-state index in [4.69, 9.17) is 4.74 Å². The van der Waals surface area contributed by atoms with Gasteiger partial charge in [-0.2, -0.15) is 13.2 Å². The Hall–Kier alpha value is -0.880. The zero-order chi connectivity index (χ0) is 13.6. The van der Waals surface area contributed by atoms with Gasteiger partial charge >= 0.3 is 5.51 Å². The van der Waals surface area contributed by atoms with Crippen LogP contribution in [0, 0.1) is 6.92 Å². The van der Waals surface area contributed by atoms with Crippen molar-refractivity contribution < 1.29 is 17.9 Å². The maximum atomic E-state index is 11.9. The second-order valence-electron chi connectivity index (χ2n) is 3.77. The minimum absolute atomic E-state index is 0.00457. The van der Waals surface area contributed by atoms with Crippen LogP contribution < -0.4 is 10.1 Å². The Morgan fingerprint density at radius 2 is 2.06 bits per heavy atom. The fraction of sp³-hybridized carbons (Fsp3) is 0.500. The first-order valence-electron chi connectivity index (χ1n) is 5.47. The largest absolute Gasteiger partial charge is 0.496 e. The molecular weight excluding hydrogens is 263 g/mol. The Morgan fingerprint density at radius 1 is 1.33 bits per heavy atom. The number of aryl methyl sites for hydroxylation is 1. The third-order valence-electron chi connectivity index (χ3n) is 2.33. The summed E-state index contributed by atoms with van der Waals surface area (Å²) in [6, 6.07) is 5.72. The molecule has 1 aromatic rings. The Morgan fingerprint density at radius 3 is 2.61 bits per heavy atom. The van der Waals surface area contributed by atoms with Crippen LogP contribution in [-0.2, 0) is 6.54 Å². The number of methoxy groups -OCH3 is 1. The third-order valence-corrected chi connectivity index (χ3v) is 3.07. The highest BCUT2D eigenvalue weighted by Gasteiger charge is 2.27. The lowest BCUT2D eigenvalue weighted by Gasteiger charge is -2.09. The monoisotopic (exact) mass is 279 g/mol. The van der Waals surface area contributed by atoms with Crippen molar-refractivity contribution in [2.75, 3.05) is 19.4 Å². The van der Waals surface area contributed by atoms with Crippen LogP contribution in [0.2, 0.25) is 0 Å². The Kier molecular flexibility index (Phi) is 5.81. The Balaban J connectivity index is 2.29. The lowest BCUT2D eigenvalue weighted by molar-refractivity contribution is -0.0327. The highest BCUT2D eigenvalue weighted by molar-refractivity contribution is 8.00. The van der Waals surface area contributed by atoms with E-state index in [0.717, 1.165) is 16.9 Å². The number of benzene rings is 1. The molecule has 0 saturated carbocycles. The second-order valence-corrected chi connectivity index (χ2v) is 4.93. The molecule has 0 amide bonds. The van der Waals surface area contributed by atoms with Crippen LogP contribution in [0.3, 0.4) is 0 Å². The highest BCUT2D eigenvalue weighted by Crippen LogP contribution is 2.29. The smallest absolute Gasteiger partial charge is 0.441 e. The van der Waals surface area contributed by atoms with Gasteiger partial charge in [-0.3, -0.25) is 0 Å². The van der Waals surface area contributed by atoms with Gasteiger partial charge in [-0.15, -0.1) is 0 Å². The quantitative estimate of drug-likeness (QED) is 0.807. The summed E-state index contributed by atoms with van der Waals surface area (Å²) in [5.41, 5.74) is -2.09. The summed E-state index contributed by atoms with van der Waals surface area (Å²) in [5, 5.41) is 2.98. The van der Waals surface area contributed by atoms with Crippen molar-refractivity contribution in [3.05, 3.63) is 29.3 Å². The van der Waals surface area contributed by atoms with E-state index in [1.807, 2.05) is 25.1 Å². The van der Waals surface area contributed by atoms with Gasteiger partial charge in [0.1, 0.15) is 5.75 Å². The van der Waals surface area contributed by atoms with Crippen LogP contribution in [0.15, 0.2) is 18.2 Å². The lowest BCUT2D eigenvalue weighted by Crippen LogP contribution is -2.18. The molecule has 6 heteroatoms. The number of hydrogen-bond donors (Lipinski definition) is 1. The number of ether oxygens (including phenoxy) is 1. The molecule has 0 aliphatic carbocycles. The number of alkyl halides is 3. The van der Waals surface area contributed by atoms with Crippen molar-refractivity contribution in [1.82, 2.24) is 5.32 Å². The van der Waals surface area contributed by atoms with Gasteiger partial charge in [-0.25, -0.2) is 0 Å². The van der Waals surface area contributed by atoms with Crippen LogP contribution in [-0.4, -0.2) is 24.9 Å². The topological polar surface area (TPSA) is 21.3 Å². The molecule has 2 nitrogen and oxygen atoms in total. The first kappa shape index (κ1) is 15.2. The van der Waals surface area contributed by atoms with Gasteiger partial charge in [0.05, 0.1) is 7.11 Å². The summed E-state index contributed by atoms with van der Waals surface area (Å²) < 4.78 is 40.7. The molecule has 0 unspecified atom stereocenters. The van der Waals surface area contributed by atoms with Crippen LogP contribution in [0.1, 0.15) is 11.1 Å². The number of thioether (sulfide) groups is 1. The number of nitrogens with one attached hydrogen (secondary N) is 1. The molecule has 1 aromatic carbocycles. The van der Waals surface area contributed by atoms with Crippen LogP contribution >= 0.6 is 11.8 Å². The first-order valence-corrected chi connectivity index (χ1v) is 6.46. The third kappa shape index (κ3) is 5.64. The minimum atomic E-state index is -4.14. The second kappa shape index (κ2) is 6.89. The van der Waals surface area contributed by atoms with E-state index in [9.17, 15) is 13.2 Å². The average molecular weight is 279 g/mol. The molecule has 0 radical (unpaired) electrons. The maximum absolute atomic E-state index is 11.9. The van der Waals surface area contributed by atoms with Crippen molar-refractivity contribution in [2.24, 2.45) is 0 Å². The predicted molar refractivity (Wildman–Crippen MR) is 68.0 cm³/mol. The van der Waals surface area contributed by atoms with Gasteiger partial charge in [0.25, 0.3) is 0 Å². The molecule has 0 atom stereocenters. The summed E-state index contributed by atoms with van der Waals surface area (Å²) >= 11 is -0.00457. The van der Waals surface area contributed by atoms with E-state index in [1.165, 1.54) is 0 Å². The van der Waals surface area contributed by atoms with Gasteiger partial charge in [-0.1, -0.05) is 12.1 Å². The van der Waals surface area contributed by atoms with E-state index in [2.05, 4.69) is 5.32 Å². The van der Waals surface area contributed by atoms with Crippen LogP contribution in [0.5, 0.6) is 5.75 Å². The summed E-state index contributed by atoms with van der Waals surface area (Å²) in [7, 11) is 1.61. The van der Waals surface area contributed by atoms with Crippen molar-refractivity contribution >= 4 is 11.8 Å². The predicted octanol–water partition coefficient (Wildman–Crippen LogP) is 3.35. The van der Waals surface area contributed by atoms with E-state index in [1.54, 1.807) is 7.11 Å². The average Bonchev–Trinajstić information content (AvgIpc) is 2.27. The molecule has 0 aliphatic heterocycles. The zero-order valence-corrected chi connectivity index (χ0v) is 11.1. The van der Waals surface area contributed by atoms with E-state index < -0.39 is 5.51 Å². The number of halogens is 3. The normalized spacial score (nSPS) is 11.6. The molecule has 18 heavy (non-hydrogen) atoms. The maximum Gasteiger partial charge on any atom is 0.441 e. The molecule has 102 valence electrons. The van der Waals surface area contributed by atoms with E-state index in [-0.39, 0.29) is 17.5 Å². The van der Waals surface area contributed by atoms with E-state index in [0.29, 0.717) is 13.1 Å². The van der Waals surface area contributed by atoms with Crippen molar-refractivity contribution in [3.8, 4) is 5.75 Å². The lowest BCUT2D eigenvalue weighted by atomic mass is 10.1. The summed E-state index contributed by atoms with van der Waals surface area (Å²) in [6.07, 6.45) is 0. The zero-order valence-electron chi connectivity index (χ0n) is 10.3. The van der Waals surface area contributed by atoms with Crippen molar-refractivity contribution in [2.45, 2.75) is 19.0 Å². The van der Waals surface area contributed by atoms with E-state index >= 15 is 0 Å². The van der Waals surface area contributed by atoms with Gasteiger partial charge in [0.2, 0.25) is 0 Å². The summed E-state index contributed by atoms with van der Waals surface area (Å²) in [5.74, 6) is 0.838. The van der Waals surface area contributed by atoms with Crippen LogP contribution in [0.4, 0.5) is 13.2 Å². The Bertz CT molecular complexity index is 382. The van der Waals surface area contributed by atoms with Crippen LogP contribution in [0.25, 0.3) is 0 Å². The summed E-state index contributed by atoms with van der Waals surface area (Å²) in [6.45, 7) is 2.82. The van der Waals surface area contributed by atoms with Gasteiger partial charge in [0, 0.05) is 18.8 Å². The molecule has 0 heterocycles. The summed E-state index contributed by atoms with van der Waals surface area (Å²) in [4.78, 5) is 0. The molecule has 1 N–H and O–H groups in total. The molecule has 0 aromatic heterocycles. The van der Waals surface area contributed by atoms with Gasteiger partial charge in [-0.05, 0) is 35.9 Å². The highest BCUT2D eigenvalue weighted by atomic mass is 32.2. The fourth-order valence-electron chi connectivity index (χ4n) is 1.52. The number of rotatable bonds is 6. The first-order chi connectivity index (χ1) is 8.42.